The lowest BCUT2D eigenvalue weighted by atomic mass is 10.1. The van der Waals surface area contributed by atoms with Gasteiger partial charge in [0.1, 0.15) is 5.82 Å². The van der Waals surface area contributed by atoms with Crippen LogP contribution in [0.3, 0.4) is 0 Å². The fraction of sp³-hybridized carbons (Fsp3) is 0.133. The van der Waals surface area contributed by atoms with Gasteiger partial charge in [0.25, 0.3) is 0 Å². The number of rotatable bonds is 4. The van der Waals surface area contributed by atoms with Gasteiger partial charge in [0, 0.05) is 16.2 Å². The van der Waals surface area contributed by atoms with Gasteiger partial charge < -0.3 is 10.9 Å². The van der Waals surface area contributed by atoms with Crippen molar-refractivity contribution in [3.63, 3.8) is 0 Å². The molecule has 0 radical (unpaired) electrons. The molecule has 0 saturated heterocycles. The average molecular weight is 290 g/mol. The molecule has 0 saturated carbocycles. The van der Waals surface area contributed by atoms with E-state index in [1.165, 1.54) is 17.7 Å². The lowest BCUT2D eigenvalue weighted by molar-refractivity contribution is 0.318. The van der Waals surface area contributed by atoms with Gasteiger partial charge >= 0.3 is 0 Å². The molecule has 0 atom stereocenters. The van der Waals surface area contributed by atoms with Gasteiger partial charge in [-0.3, -0.25) is 0 Å². The Labute approximate surface area is 121 Å². The molecule has 0 amide bonds. The first-order chi connectivity index (χ1) is 9.60. The minimum Gasteiger partial charge on any atom is -0.409 e. The molecule has 104 valence electrons. The summed E-state index contributed by atoms with van der Waals surface area (Å²) in [5.41, 5.74) is 8.02. The van der Waals surface area contributed by atoms with Crippen LogP contribution in [0, 0.1) is 12.7 Å². The number of oxime groups is 1. The van der Waals surface area contributed by atoms with Crippen LogP contribution in [0.5, 0.6) is 0 Å². The first-order valence-corrected chi connectivity index (χ1v) is 7.04. The van der Waals surface area contributed by atoms with Crippen LogP contribution in [-0.4, -0.2) is 11.0 Å². The van der Waals surface area contributed by atoms with Crippen molar-refractivity contribution in [3.8, 4) is 0 Å². The van der Waals surface area contributed by atoms with Gasteiger partial charge in [0.15, 0.2) is 5.84 Å². The van der Waals surface area contributed by atoms with E-state index in [0.717, 1.165) is 10.5 Å². The van der Waals surface area contributed by atoms with Crippen molar-refractivity contribution >= 4 is 17.6 Å². The van der Waals surface area contributed by atoms with Crippen LogP contribution in [0.25, 0.3) is 0 Å². The third kappa shape index (κ3) is 3.51. The fourth-order valence-corrected chi connectivity index (χ4v) is 2.85. The Hall–Kier alpha value is -2.01. The zero-order valence-electron chi connectivity index (χ0n) is 11.0. The van der Waals surface area contributed by atoms with E-state index in [4.69, 9.17) is 10.9 Å². The summed E-state index contributed by atoms with van der Waals surface area (Å²) in [6.45, 7) is 2.03. The molecule has 0 aliphatic carbocycles. The molecule has 20 heavy (non-hydrogen) atoms. The van der Waals surface area contributed by atoms with Crippen LogP contribution in [0.2, 0.25) is 0 Å². The Morgan fingerprint density at radius 2 is 2.10 bits per heavy atom. The van der Waals surface area contributed by atoms with E-state index in [1.54, 1.807) is 17.8 Å². The topological polar surface area (TPSA) is 58.6 Å². The molecule has 0 aliphatic heterocycles. The van der Waals surface area contributed by atoms with Crippen LogP contribution < -0.4 is 5.73 Å². The molecule has 3 N–H and O–H groups in total. The summed E-state index contributed by atoms with van der Waals surface area (Å²) in [7, 11) is 0. The first-order valence-electron chi connectivity index (χ1n) is 6.06. The van der Waals surface area contributed by atoms with Gasteiger partial charge in [-0.1, -0.05) is 28.9 Å². The number of aryl methyl sites for hydroxylation is 1. The maximum Gasteiger partial charge on any atom is 0.170 e. The van der Waals surface area contributed by atoms with Crippen molar-refractivity contribution in [1.29, 1.82) is 0 Å². The number of halogens is 1. The SMILES string of the molecule is Cc1cccc(SCc2ccc(F)cc2C(N)=NO)c1. The second-order valence-corrected chi connectivity index (χ2v) is 5.44. The maximum absolute atomic E-state index is 13.3. The minimum absolute atomic E-state index is 0.0793. The van der Waals surface area contributed by atoms with E-state index in [0.29, 0.717) is 11.3 Å². The Kier molecular flexibility index (Phi) is 4.63. The molecule has 5 heteroatoms. The minimum atomic E-state index is -0.407. The number of nitrogens with zero attached hydrogens (tertiary/aromatic N) is 1. The van der Waals surface area contributed by atoms with Crippen molar-refractivity contribution in [2.45, 2.75) is 17.6 Å². The lowest BCUT2D eigenvalue weighted by Crippen LogP contribution is -2.15. The summed E-state index contributed by atoms with van der Waals surface area (Å²) < 4.78 is 13.3. The van der Waals surface area contributed by atoms with E-state index < -0.39 is 5.82 Å². The zero-order chi connectivity index (χ0) is 14.5. The molecular formula is C15H15FN2OS. The third-order valence-corrected chi connectivity index (χ3v) is 3.88. The summed E-state index contributed by atoms with van der Waals surface area (Å²) in [6, 6.07) is 12.4. The van der Waals surface area contributed by atoms with Crippen molar-refractivity contribution in [2.75, 3.05) is 0 Å². The standard InChI is InChI=1S/C15H15FN2OS/c1-10-3-2-4-13(7-10)20-9-11-5-6-12(16)8-14(11)15(17)18-19/h2-8,19H,9H2,1H3,(H2,17,18). The third-order valence-electron chi connectivity index (χ3n) is 2.84. The summed E-state index contributed by atoms with van der Waals surface area (Å²) in [6.07, 6.45) is 0. The molecule has 0 fully saturated rings. The zero-order valence-corrected chi connectivity index (χ0v) is 11.8. The molecule has 2 aromatic rings. The van der Waals surface area contributed by atoms with Crippen LogP contribution >= 0.6 is 11.8 Å². The number of hydrogen-bond acceptors (Lipinski definition) is 3. The average Bonchev–Trinajstić information content (AvgIpc) is 2.45. The number of benzene rings is 2. The second-order valence-electron chi connectivity index (χ2n) is 4.39. The Bertz CT molecular complexity index is 644. The largest absolute Gasteiger partial charge is 0.409 e. The Balaban J connectivity index is 2.21. The van der Waals surface area contributed by atoms with E-state index in [-0.39, 0.29) is 5.84 Å². The number of thioether (sulfide) groups is 1. The van der Waals surface area contributed by atoms with Crippen LogP contribution in [0.4, 0.5) is 4.39 Å². The van der Waals surface area contributed by atoms with E-state index in [1.807, 2.05) is 25.1 Å². The van der Waals surface area contributed by atoms with Gasteiger partial charge in [0.2, 0.25) is 0 Å². The van der Waals surface area contributed by atoms with Crippen LogP contribution in [0.1, 0.15) is 16.7 Å². The summed E-state index contributed by atoms with van der Waals surface area (Å²) in [5, 5.41) is 11.7. The van der Waals surface area contributed by atoms with Crippen molar-refractivity contribution in [3.05, 3.63) is 65.0 Å². The molecule has 0 bridgehead atoms. The molecular weight excluding hydrogens is 275 g/mol. The fourth-order valence-electron chi connectivity index (χ4n) is 1.83. The predicted molar refractivity (Wildman–Crippen MR) is 79.7 cm³/mol. The molecule has 0 aliphatic rings. The van der Waals surface area contributed by atoms with Crippen LogP contribution in [0.15, 0.2) is 52.5 Å². The second kappa shape index (κ2) is 6.43. The molecule has 0 spiro atoms. The Morgan fingerprint density at radius 3 is 2.80 bits per heavy atom. The van der Waals surface area contributed by atoms with E-state index in [2.05, 4.69) is 11.2 Å². The van der Waals surface area contributed by atoms with E-state index >= 15 is 0 Å². The highest BCUT2D eigenvalue weighted by Gasteiger charge is 2.09. The summed E-state index contributed by atoms with van der Waals surface area (Å²) >= 11 is 1.62. The molecule has 0 unspecified atom stereocenters. The van der Waals surface area contributed by atoms with Gasteiger partial charge in [-0.2, -0.15) is 0 Å². The van der Waals surface area contributed by atoms with Crippen molar-refractivity contribution < 1.29 is 9.60 Å². The van der Waals surface area contributed by atoms with Gasteiger partial charge in [-0.25, -0.2) is 4.39 Å². The van der Waals surface area contributed by atoms with E-state index in [9.17, 15) is 4.39 Å². The maximum atomic E-state index is 13.3. The molecule has 2 rings (SSSR count). The number of amidine groups is 1. The molecule has 3 nitrogen and oxygen atoms in total. The molecule has 2 aromatic carbocycles. The van der Waals surface area contributed by atoms with Gasteiger partial charge in [-0.15, -0.1) is 11.8 Å². The van der Waals surface area contributed by atoms with Crippen molar-refractivity contribution in [2.24, 2.45) is 10.9 Å². The van der Waals surface area contributed by atoms with Crippen LogP contribution in [-0.2, 0) is 5.75 Å². The quantitative estimate of drug-likeness (QED) is 0.298. The Morgan fingerprint density at radius 1 is 1.30 bits per heavy atom. The first kappa shape index (κ1) is 14.4. The number of hydrogen-bond donors (Lipinski definition) is 2. The lowest BCUT2D eigenvalue weighted by Gasteiger charge is -2.08. The summed E-state index contributed by atoms with van der Waals surface area (Å²) in [5.74, 6) is 0.134. The highest BCUT2D eigenvalue weighted by molar-refractivity contribution is 7.98. The van der Waals surface area contributed by atoms with Crippen molar-refractivity contribution in [1.82, 2.24) is 0 Å². The van der Waals surface area contributed by atoms with Gasteiger partial charge in [-0.05, 0) is 36.8 Å². The normalized spacial score (nSPS) is 11.6. The smallest absolute Gasteiger partial charge is 0.170 e. The molecule has 0 aromatic heterocycles. The molecule has 0 heterocycles. The van der Waals surface area contributed by atoms with Gasteiger partial charge in [0.05, 0.1) is 0 Å². The highest BCUT2D eigenvalue weighted by Crippen LogP contribution is 2.25. The monoisotopic (exact) mass is 290 g/mol. The highest BCUT2D eigenvalue weighted by atomic mass is 32.2. The predicted octanol–water partition coefficient (Wildman–Crippen LogP) is 3.52. The summed E-state index contributed by atoms with van der Waals surface area (Å²) in [4.78, 5) is 1.12. The number of nitrogens with two attached hydrogens (primary N) is 1.